The second-order valence-electron chi connectivity index (χ2n) is 7.59. The molecule has 1 aromatic heterocycles. The largest absolute Gasteiger partial charge is 0.462 e. The molecule has 10 heteroatoms. The molecule has 34 heavy (non-hydrogen) atoms. The van der Waals surface area contributed by atoms with Gasteiger partial charge in [-0.15, -0.1) is 10.2 Å². The summed E-state index contributed by atoms with van der Waals surface area (Å²) in [4.78, 5) is 26.6. The van der Waals surface area contributed by atoms with Gasteiger partial charge in [0.2, 0.25) is 5.91 Å². The van der Waals surface area contributed by atoms with Crippen molar-refractivity contribution in [2.24, 2.45) is 0 Å². The standard InChI is InChI=1S/C24H27N5O4S/c1-2-33-23(31)18-8-10-19(11-9-18)25-22(30)17-34-24-27-26-21(16-28-12-14-32-15-13-28)29(24)20-6-4-3-5-7-20/h3-11H,2,12-17H2,1H3,(H,25,30). The number of rotatable bonds is 9. The Morgan fingerprint density at radius 2 is 1.79 bits per heavy atom. The number of amides is 1. The van der Waals surface area contributed by atoms with E-state index in [1.54, 1.807) is 31.2 Å². The Labute approximate surface area is 202 Å². The first-order chi connectivity index (χ1) is 16.6. The van der Waals surface area contributed by atoms with Crippen LogP contribution in [0.2, 0.25) is 0 Å². The maximum Gasteiger partial charge on any atom is 0.338 e. The van der Waals surface area contributed by atoms with Crippen LogP contribution in [-0.2, 0) is 20.8 Å². The van der Waals surface area contributed by atoms with Crippen LogP contribution in [-0.4, -0.2) is 70.2 Å². The predicted octanol–water partition coefficient (Wildman–Crippen LogP) is 3.01. The van der Waals surface area contributed by atoms with Gasteiger partial charge in [-0.25, -0.2) is 4.79 Å². The number of aromatic nitrogens is 3. The highest BCUT2D eigenvalue weighted by Crippen LogP contribution is 2.23. The Kier molecular flexibility index (Phi) is 8.29. The molecule has 0 atom stereocenters. The zero-order valence-electron chi connectivity index (χ0n) is 19.0. The maximum atomic E-state index is 12.6. The van der Waals surface area contributed by atoms with Crippen LogP contribution in [0.5, 0.6) is 0 Å². The van der Waals surface area contributed by atoms with Crippen molar-refractivity contribution in [1.82, 2.24) is 19.7 Å². The molecule has 0 bridgehead atoms. The van der Waals surface area contributed by atoms with Gasteiger partial charge in [0.15, 0.2) is 11.0 Å². The van der Waals surface area contributed by atoms with Gasteiger partial charge in [-0.1, -0.05) is 30.0 Å². The van der Waals surface area contributed by atoms with Gasteiger partial charge in [-0.3, -0.25) is 14.3 Å². The number of anilines is 1. The van der Waals surface area contributed by atoms with E-state index in [2.05, 4.69) is 20.4 Å². The van der Waals surface area contributed by atoms with Gasteiger partial charge in [0.25, 0.3) is 0 Å². The summed E-state index contributed by atoms with van der Waals surface area (Å²) in [5.41, 5.74) is 2.00. The normalized spacial score (nSPS) is 14.0. The summed E-state index contributed by atoms with van der Waals surface area (Å²) in [6.45, 7) is 5.85. The molecular weight excluding hydrogens is 454 g/mol. The highest BCUT2D eigenvalue weighted by atomic mass is 32.2. The molecule has 1 aliphatic rings. The van der Waals surface area contributed by atoms with E-state index in [0.717, 1.165) is 24.6 Å². The van der Waals surface area contributed by atoms with Crippen LogP contribution < -0.4 is 5.32 Å². The molecule has 0 radical (unpaired) electrons. The Morgan fingerprint density at radius 3 is 2.50 bits per heavy atom. The minimum atomic E-state index is -0.385. The van der Waals surface area contributed by atoms with Gasteiger partial charge >= 0.3 is 5.97 Å². The molecular formula is C24H27N5O4S. The van der Waals surface area contributed by atoms with Crippen molar-refractivity contribution < 1.29 is 19.1 Å². The zero-order chi connectivity index (χ0) is 23.8. The van der Waals surface area contributed by atoms with E-state index in [0.29, 0.717) is 42.8 Å². The summed E-state index contributed by atoms with van der Waals surface area (Å²) in [5, 5.41) is 12.3. The third-order valence-electron chi connectivity index (χ3n) is 5.20. The van der Waals surface area contributed by atoms with Crippen molar-refractivity contribution in [3.8, 4) is 5.69 Å². The average molecular weight is 482 g/mol. The molecule has 1 amide bonds. The Balaban J connectivity index is 1.42. The maximum absolute atomic E-state index is 12.6. The Bertz CT molecular complexity index is 1100. The lowest BCUT2D eigenvalue weighted by molar-refractivity contribution is -0.113. The minimum absolute atomic E-state index is 0.169. The van der Waals surface area contributed by atoms with Gasteiger partial charge in [-0.05, 0) is 43.3 Å². The zero-order valence-corrected chi connectivity index (χ0v) is 19.8. The molecule has 178 valence electrons. The molecule has 2 heterocycles. The van der Waals surface area contributed by atoms with Crippen molar-refractivity contribution in [2.45, 2.75) is 18.6 Å². The molecule has 4 rings (SSSR count). The van der Waals surface area contributed by atoms with E-state index in [1.165, 1.54) is 11.8 Å². The topological polar surface area (TPSA) is 98.6 Å². The molecule has 0 unspecified atom stereocenters. The van der Waals surface area contributed by atoms with E-state index in [9.17, 15) is 9.59 Å². The van der Waals surface area contributed by atoms with Gasteiger partial charge < -0.3 is 14.8 Å². The summed E-state index contributed by atoms with van der Waals surface area (Å²) in [6.07, 6.45) is 0. The summed E-state index contributed by atoms with van der Waals surface area (Å²) in [5.74, 6) is 0.433. The van der Waals surface area contributed by atoms with Crippen LogP contribution in [0.15, 0.2) is 59.8 Å². The number of para-hydroxylation sites is 1. The number of carbonyl (C=O) groups is 2. The number of nitrogens with one attached hydrogen (secondary N) is 1. The number of hydrogen-bond acceptors (Lipinski definition) is 8. The first kappa shape index (κ1) is 23.9. The van der Waals surface area contributed by atoms with Crippen molar-refractivity contribution in [3.63, 3.8) is 0 Å². The number of thioether (sulfide) groups is 1. The number of nitrogens with zero attached hydrogens (tertiary/aromatic N) is 4. The van der Waals surface area contributed by atoms with E-state index in [-0.39, 0.29) is 17.6 Å². The molecule has 1 fully saturated rings. The van der Waals surface area contributed by atoms with Gasteiger partial charge in [-0.2, -0.15) is 0 Å². The average Bonchev–Trinajstić information content (AvgIpc) is 3.26. The van der Waals surface area contributed by atoms with Crippen LogP contribution in [0.25, 0.3) is 5.69 Å². The molecule has 1 aliphatic heterocycles. The highest BCUT2D eigenvalue weighted by Gasteiger charge is 2.19. The van der Waals surface area contributed by atoms with Gasteiger partial charge in [0.1, 0.15) is 0 Å². The quantitative estimate of drug-likeness (QED) is 0.368. The van der Waals surface area contributed by atoms with Crippen molar-refractivity contribution >= 4 is 29.3 Å². The van der Waals surface area contributed by atoms with E-state index < -0.39 is 0 Å². The van der Waals surface area contributed by atoms with E-state index >= 15 is 0 Å². The van der Waals surface area contributed by atoms with Crippen LogP contribution in [0.3, 0.4) is 0 Å². The Hall–Kier alpha value is -3.21. The predicted molar refractivity (Wildman–Crippen MR) is 129 cm³/mol. The smallest absolute Gasteiger partial charge is 0.338 e. The number of carbonyl (C=O) groups excluding carboxylic acids is 2. The van der Waals surface area contributed by atoms with Crippen LogP contribution in [0.4, 0.5) is 5.69 Å². The molecule has 0 aliphatic carbocycles. The molecule has 9 nitrogen and oxygen atoms in total. The number of esters is 1. The lowest BCUT2D eigenvalue weighted by atomic mass is 10.2. The molecule has 0 spiro atoms. The third-order valence-corrected chi connectivity index (χ3v) is 6.12. The SMILES string of the molecule is CCOC(=O)c1ccc(NC(=O)CSc2nnc(CN3CCOCC3)n2-c2ccccc2)cc1. The van der Waals surface area contributed by atoms with Crippen LogP contribution in [0, 0.1) is 0 Å². The van der Waals surface area contributed by atoms with Crippen molar-refractivity contribution in [1.29, 1.82) is 0 Å². The molecule has 1 N–H and O–H groups in total. The van der Waals surface area contributed by atoms with Crippen LogP contribution in [0.1, 0.15) is 23.1 Å². The number of ether oxygens (including phenoxy) is 2. The molecule has 3 aromatic rings. The van der Waals surface area contributed by atoms with Crippen molar-refractivity contribution in [2.75, 3.05) is 44.0 Å². The third kappa shape index (κ3) is 6.22. The van der Waals surface area contributed by atoms with Gasteiger partial charge in [0.05, 0.1) is 37.7 Å². The van der Waals surface area contributed by atoms with E-state index in [1.807, 2.05) is 34.9 Å². The fraction of sp³-hybridized carbons (Fsp3) is 0.333. The second kappa shape index (κ2) is 11.8. The van der Waals surface area contributed by atoms with Crippen LogP contribution >= 0.6 is 11.8 Å². The highest BCUT2D eigenvalue weighted by molar-refractivity contribution is 7.99. The lowest BCUT2D eigenvalue weighted by Crippen LogP contribution is -2.36. The number of hydrogen-bond donors (Lipinski definition) is 1. The van der Waals surface area contributed by atoms with E-state index in [4.69, 9.17) is 9.47 Å². The minimum Gasteiger partial charge on any atom is -0.462 e. The molecule has 0 saturated carbocycles. The molecule has 1 saturated heterocycles. The second-order valence-corrected chi connectivity index (χ2v) is 8.54. The summed E-state index contributed by atoms with van der Waals surface area (Å²) >= 11 is 1.33. The first-order valence-corrected chi connectivity index (χ1v) is 12.1. The number of morpholine rings is 1. The fourth-order valence-corrected chi connectivity index (χ4v) is 4.29. The monoisotopic (exact) mass is 481 g/mol. The first-order valence-electron chi connectivity index (χ1n) is 11.1. The summed E-state index contributed by atoms with van der Waals surface area (Å²) in [6, 6.07) is 16.5. The molecule has 2 aromatic carbocycles. The van der Waals surface area contributed by atoms with Crippen molar-refractivity contribution in [3.05, 3.63) is 66.0 Å². The number of benzene rings is 2. The Morgan fingerprint density at radius 1 is 1.06 bits per heavy atom. The summed E-state index contributed by atoms with van der Waals surface area (Å²) in [7, 11) is 0. The van der Waals surface area contributed by atoms with Gasteiger partial charge in [0, 0.05) is 24.5 Å². The lowest BCUT2D eigenvalue weighted by Gasteiger charge is -2.26. The summed E-state index contributed by atoms with van der Waals surface area (Å²) < 4.78 is 12.4. The fourth-order valence-electron chi connectivity index (χ4n) is 3.52.